The molecular weight excluding hydrogens is 334 g/mol. The van der Waals surface area contributed by atoms with Gasteiger partial charge in [0.2, 0.25) is 0 Å². The zero-order valence-electron chi connectivity index (χ0n) is 15.5. The van der Waals surface area contributed by atoms with Gasteiger partial charge in [0.15, 0.2) is 0 Å². The maximum absolute atomic E-state index is 11.3. The molecule has 1 aromatic heterocycles. The predicted octanol–water partition coefficient (Wildman–Crippen LogP) is 2.14. The maximum atomic E-state index is 11.3. The van der Waals surface area contributed by atoms with Gasteiger partial charge in [-0.05, 0) is 45.4 Å². The van der Waals surface area contributed by atoms with Gasteiger partial charge >= 0.3 is 5.97 Å². The summed E-state index contributed by atoms with van der Waals surface area (Å²) < 4.78 is 11.0. The second-order valence-corrected chi connectivity index (χ2v) is 7.33. The third-order valence-electron chi connectivity index (χ3n) is 5.11. The molecule has 7 nitrogen and oxygen atoms in total. The number of ether oxygens (including phenoxy) is 2. The van der Waals surface area contributed by atoms with E-state index in [2.05, 4.69) is 16.8 Å². The molecule has 7 heteroatoms. The van der Waals surface area contributed by atoms with Crippen LogP contribution in [-0.2, 0) is 27.1 Å². The van der Waals surface area contributed by atoms with Crippen LogP contribution in [0.15, 0.2) is 12.2 Å². The van der Waals surface area contributed by atoms with Crippen LogP contribution in [0, 0.1) is 0 Å². The molecule has 26 heavy (non-hydrogen) atoms. The fraction of sp³-hybridized carbons (Fsp3) is 0.737. The van der Waals surface area contributed by atoms with Crippen LogP contribution in [0.4, 0.5) is 0 Å². The Kier molecular flexibility index (Phi) is 6.43. The molecule has 0 spiro atoms. The summed E-state index contributed by atoms with van der Waals surface area (Å²) in [6.45, 7) is 6.04. The first-order valence-electron chi connectivity index (χ1n) is 9.61. The molecule has 1 N–H and O–H groups in total. The Morgan fingerprint density at radius 1 is 1.23 bits per heavy atom. The highest BCUT2D eigenvalue weighted by molar-refractivity contribution is 5.86. The number of carbonyl (C=O) groups excluding carboxylic acids is 1. The Labute approximate surface area is 154 Å². The van der Waals surface area contributed by atoms with E-state index in [1.165, 1.54) is 12.8 Å². The number of hydrogen-bond donors (Lipinski definition) is 1. The normalized spacial score (nSPS) is 25.5. The summed E-state index contributed by atoms with van der Waals surface area (Å²) in [7, 11) is 0. The largest absolute Gasteiger partial charge is 0.462 e. The van der Waals surface area contributed by atoms with Crippen molar-refractivity contribution < 1.29 is 19.4 Å². The van der Waals surface area contributed by atoms with Gasteiger partial charge in [0.25, 0.3) is 0 Å². The van der Waals surface area contributed by atoms with Crippen LogP contribution >= 0.6 is 0 Å². The lowest BCUT2D eigenvalue weighted by molar-refractivity contribution is -0.139. The Bertz CT molecular complexity index is 619. The molecule has 0 radical (unpaired) electrons. The minimum Gasteiger partial charge on any atom is -0.462 e. The van der Waals surface area contributed by atoms with Crippen molar-refractivity contribution in [2.24, 2.45) is 0 Å². The van der Waals surface area contributed by atoms with Crippen molar-refractivity contribution in [1.82, 2.24) is 15.0 Å². The molecule has 3 rings (SSSR count). The first kappa shape index (κ1) is 19.0. The van der Waals surface area contributed by atoms with Crippen molar-refractivity contribution in [1.29, 1.82) is 0 Å². The molecule has 1 aromatic rings. The highest BCUT2D eigenvalue weighted by Gasteiger charge is 2.33. The molecule has 0 bridgehead atoms. The van der Waals surface area contributed by atoms with Crippen LogP contribution < -0.4 is 0 Å². The van der Waals surface area contributed by atoms with Gasteiger partial charge in [-0.15, -0.1) is 0 Å². The van der Waals surface area contributed by atoms with Crippen molar-refractivity contribution in [3.05, 3.63) is 23.5 Å². The van der Waals surface area contributed by atoms with Crippen LogP contribution in [-0.4, -0.2) is 51.5 Å². The number of aliphatic hydroxyl groups excluding tert-OH is 1. The number of aryl methyl sites for hydroxylation is 2. The minimum atomic E-state index is -0.430. The van der Waals surface area contributed by atoms with Gasteiger partial charge in [-0.3, -0.25) is 0 Å². The van der Waals surface area contributed by atoms with Gasteiger partial charge in [0.1, 0.15) is 0 Å². The fourth-order valence-electron chi connectivity index (χ4n) is 3.60. The van der Waals surface area contributed by atoms with Gasteiger partial charge in [-0.1, -0.05) is 6.58 Å². The predicted molar refractivity (Wildman–Crippen MR) is 95.7 cm³/mol. The van der Waals surface area contributed by atoms with E-state index in [0.29, 0.717) is 38.0 Å². The van der Waals surface area contributed by atoms with Crippen LogP contribution in [0.5, 0.6) is 0 Å². The number of nitrogens with zero attached hydrogens (tertiary/aromatic N) is 3. The molecule has 3 atom stereocenters. The van der Waals surface area contributed by atoms with Crippen LogP contribution in [0.25, 0.3) is 0 Å². The summed E-state index contributed by atoms with van der Waals surface area (Å²) in [4.78, 5) is 13.0. The number of carbonyl (C=O) groups is 1. The molecule has 144 valence electrons. The average molecular weight is 363 g/mol. The van der Waals surface area contributed by atoms with Gasteiger partial charge < -0.3 is 14.6 Å². The van der Waals surface area contributed by atoms with Gasteiger partial charge in [0, 0.05) is 18.4 Å². The molecule has 0 aromatic carbocycles. The second-order valence-electron chi connectivity index (χ2n) is 7.33. The zero-order chi connectivity index (χ0) is 18.5. The zero-order valence-corrected chi connectivity index (χ0v) is 15.5. The topological polar surface area (TPSA) is 86.5 Å². The Morgan fingerprint density at radius 2 is 1.92 bits per heavy atom. The summed E-state index contributed by atoms with van der Waals surface area (Å²) in [5, 5.41) is 19.7. The second kappa shape index (κ2) is 8.77. The lowest BCUT2D eigenvalue weighted by Gasteiger charge is -2.32. The minimum absolute atomic E-state index is 0.0725. The smallest absolute Gasteiger partial charge is 0.333 e. The SMILES string of the molecule is C=C(C)C(=O)OCCCOC1CCC(O)C(n2nc3c(n2)CCCC3)C1. The van der Waals surface area contributed by atoms with Gasteiger partial charge in [-0.2, -0.15) is 15.0 Å². The molecule has 1 heterocycles. The maximum Gasteiger partial charge on any atom is 0.333 e. The molecule has 0 aliphatic heterocycles. The molecule has 2 aliphatic rings. The molecule has 3 unspecified atom stereocenters. The van der Waals surface area contributed by atoms with E-state index in [1.807, 2.05) is 0 Å². The monoisotopic (exact) mass is 363 g/mol. The van der Waals surface area contributed by atoms with Gasteiger partial charge in [0.05, 0.1) is 42.9 Å². The van der Waals surface area contributed by atoms with Crippen molar-refractivity contribution in [2.45, 2.75) is 76.5 Å². The molecule has 0 saturated heterocycles. The van der Waals surface area contributed by atoms with Crippen molar-refractivity contribution in [3.63, 3.8) is 0 Å². The van der Waals surface area contributed by atoms with Crippen molar-refractivity contribution in [2.75, 3.05) is 13.2 Å². The van der Waals surface area contributed by atoms with E-state index in [1.54, 1.807) is 11.7 Å². The number of fused-ring (bicyclic) bond motifs is 1. The van der Waals surface area contributed by atoms with E-state index >= 15 is 0 Å². The molecule has 1 fully saturated rings. The lowest BCUT2D eigenvalue weighted by Crippen LogP contribution is -2.36. The van der Waals surface area contributed by atoms with E-state index in [-0.39, 0.29) is 18.1 Å². The lowest BCUT2D eigenvalue weighted by atomic mass is 9.90. The van der Waals surface area contributed by atoms with Crippen molar-refractivity contribution >= 4 is 5.97 Å². The van der Waals surface area contributed by atoms with Crippen LogP contribution in [0.3, 0.4) is 0 Å². The number of esters is 1. The molecule has 1 saturated carbocycles. The Morgan fingerprint density at radius 3 is 2.58 bits per heavy atom. The molecule has 2 aliphatic carbocycles. The van der Waals surface area contributed by atoms with Crippen LogP contribution in [0.1, 0.15) is 62.9 Å². The summed E-state index contributed by atoms with van der Waals surface area (Å²) in [5.41, 5.74) is 2.58. The number of rotatable bonds is 7. The first-order chi connectivity index (χ1) is 12.5. The first-order valence-corrected chi connectivity index (χ1v) is 9.61. The van der Waals surface area contributed by atoms with Gasteiger partial charge in [-0.25, -0.2) is 4.79 Å². The highest BCUT2D eigenvalue weighted by Crippen LogP contribution is 2.31. The summed E-state index contributed by atoms with van der Waals surface area (Å²) in [5.74, 6) is -0.362. The number of aromatic nitrogens is 3. The molecule has 0 amide bonds. The van der Waals surface area contributed by atoms with Crippen molar-refractivity contribution in [3.8, 4) is 0 Å². The summed E-state index contributed by atoms with van der Waals surface area (Å²) in [6, 6.07) is -0.124. The number of hydrogen-bond acceptors (Lipinski definition) is 6. The Hall–Kier alpha value is -1.73. The Balaban J connectivity index is 1.46. The van der Waals surface area contributed by atoms with E-state index in [9.17, 15) is 9.90 Å². The quantitative estimate of drug-likeness (QED) is 0.454. The van der Waals surface area contributed by atoms with E-state index in [0.717, 1.165) is 30.7 Å². The summed E-state index contributed by atoms with van der Waals surface area (Å²) >= 11 is 0. The standard InChI is InChI=1S/C19H29N3O4/c1-13(2)19(24)26-11-5-10-25-14-8-9-18(23)17(12-14)22-20-15-6-3-4-7-16(15)21-22/h14,17-18,23H,1,3-12H2,2H3. The average Bonchev–Trinajstić information content (AvgIpc) is 3.06. The van der Waals surface area contributed by atoms with E-state index in [4.69, 9.17) is 9.47 Å². The number of aliphatic hydroxyl groups is 1. The highest BCUT2D eigenvalue weighted by atomic mass is 16.5. The fourth-order valence-corrected chi connectivity index (χ4v) is 3.60. The van der Waals surface area contributed by atoms with Crippen LogP contribution in [0.2, 0.25) is 0 Å². The summed E-state index contributed by atoms with van der Waals surface area (Å²) in [6.07, 6.45) is 6.82. The third-order valence-corrected chi connectivity index (χ3v) is 5.11. The third kappa shape index (κ3) is 4.71. The molecular formula is C19H29N3O4. The van der Waals surface area contributed by atoms with E-state index < -0.39 is 6.10 Å².